The lowest BCUT2D eigenvalue weighted by Gasteiger charge is -2.17. The Balaban J connectivity index is 2.49. The molecule has 1 aromatic rings. The summed E-state index contributed by atoms with van der Waals surface area (Å²) >= 11 is 0. The topological polar surface area (TPSA) is 62.2 Å². The first-order valence-electron chi connectivity index (χ1n) is 4.98. The van der Waals surface area contributed by atoms with Crippen LogP contribution in [0.3, 0.4) is 0 Å². The number of pyridine rings is 1. The van der Waals surface area contributed by atoms with Gasteiger partial charge in [-0.2, -0.15) is 0 Å². The number of hydrogen-bond donors (Lipinski definition) is 2. The van der Waals surface area contributed by atoms with Gasteiger partial charge in [-0.25, -0.2) is 0 Å². The summed E-state index contributed by atoms with van der Waals surface area (Å²) in [7, 11) is 0. The molecule has 4 heteroatoms. The minimum atomic E-state index is -0.789. The summed E-state index contributed by atoms with van der Waals surface area (Å²) in [6.07, 6.45) is 1.85. The molecule has 4 nitrogen and oxygen atoms in total. The fourth-order valence-electron chi connectivity index (χ4n) is 1.47. The largest absolute Gasteiger partial charge is 0.481 e. The summed E-state index contributed by atoms with van der Waals surface area (Å²) in [6, 6.07) is 5.71. The van der Waals surface area contributed by atoms with Gasteiger partial charge < -0.3 is 10.4 Å². The van der Waals surface area contributed by atoms with Gasteiger partial charge in [0.15, 0.2) is 0 Å². The van der Waals surface area contributed by atoms with Gasteiger partial charge in [-0.1, -0.05) is 6.07 Å². The van der Waals surface area contributed by atoms with Gasteiger partial charge in [-0.15, -0.1) is 0 Å². The normalized spacial score (nSPS) is 14.5. The number of aliphatic carboxylic acids is 1. The van der Waals surface area contributed by atoms with Crippen LogP contribution < -0.4 is 5.32 Å². The van der Waals surface area contributed by atoms with E-state index in [9.17, 15) is 4.79 Å². The molecule has 0 aromatic carbocycles. The molecular weight excluding hydrogens is 192 g/mol. The number of nitrogens with one attached hydrogen (secondary N) is 1. The van der Waals surface area contributed by atoms with Gasteiger partial charge in [0.25, 0.3) is 0 Å². The molecule has 0 bridgehead atoms. The Labute approximate surface area is 89.3 Å². The Kier molecular flexibility index (Phi) is 4.24. The fraction of sp³-hybridized carbons (Fsp3) is 0.455. The van der Waals surface area contributed by atoms with Gasteiger partial charge in [0.1, 0.15) is 0 Å². The Morgan fingerprint density at radius 3 is 2.80 bits per heavy atom. The van der Waals surface area contributed by atoms with Crippen LogP contribution in [-0.4, -0.2) is 22.1 Å². The molecule has 0 aliphatic carbocycles. The second-order valence-corrected chi connectivity index (χ2v) is 3.64. The predicted molar refractivity (Wildman–Crippen MR) is 57.5 cm³/mol. The summed E-state index contributed by atoms with van der Waals surface area (Å²) in [5, 5.41) is 11.8. The number of nitrogens with zero attached hydrogens (tertiary/aromatic N) is 1. The maximum absolute atomic E-state index is 10.5. The molecular formula is C11H16N2O2. The zero-order valence-electron chi connectivity index (χ0n) is 8.97. The van der Waals surface area contributed by atoms with E-state index in [0.717, 1.165) is 5.69 Å². The van der Waals surface area contributed by atoms with E-state index >= 15 is 0 Å². The van der Waals surface area contributed by atoms with E-state index in [1.807, 2.05) is 32.0 Å². The first-order valence-corrected chi connectivity index (χ1v) is 4.98. The molecule has 2 atom stereocenters. The van der Waals surface area contributed by atoms with E-state index in [1.165, 1.54) is 0 Å². The molecule has 1 heterocycles. The summed E-state index contributed by atoms with van der Waals surface area (Å²) < 4.78 is 0. The molecule has 0 saturated carbocycles. The molecule has 0 spiro atoms. The maximum atomic E-state index is 10.5. The molecule has 0 saturated heterocycles. The van der Waals surface area contributed by atoms with Crippen LogP contribution in [-0.2, 0) is 4.79 Å². The first-order chi connectivity index (χ1) is 7.09. The predicted octanol–water partition coefficient (Wildman–Crippen LogP) is 1.60. The Hall–Kier alpha value is -1.42. The van der Waals surface area contributed by atoms with Crippen molar-refractivity contribution in [3.8, 4) is 0 Å². The third-order valence-corrected chi connectivity index (χ3v) is 2.15. The number of aromatic nitrogens is 1. The lowest BCUT2D eigenvalue weighted by molar-refractivity contribution is -0.137. The summed E-state index contributed by atoms with van der Waals surface area (Å²) in [5.74, 6) is -0.789. The van der Waals surface area contributed by atoms with Crippen molar-refractivity contribution in [2.75, 3.05) is 0 Å². The minimum absolute atomic E-state index is 0.0560. The van der Waals surface area contributed by atoms with E-state index in [1.54, 1.807) is 6.20 Å². The highest BCUT2D eigenvalue weighted by Crippen LogP contribution is 2.09. The van der Waals surface area contributed by atoms with Crippen LogP contribution in [0.1, 0.15) is 32.0 Å². The van der Waals surface area contributed by atoms with Crippen molar-refractivity contribution in [3.05, 3.63) is 30.1 Å². The number of rotatable bonds is 5. The van der Waals surface area contributed by atoms with Crippen LogP contribution in [0.5, 0.6) is 0 Å². The third kappa shape index (κ3) is 4.08. The number of carboxylic acid groups (broad SMARTS) is 1. The van der Waals surface area contributed by atoms with Crippen molar-refractivity contribution >= 4 is 5.97 Å². The van der Waals surface area contributed by atoms with Crippen LogP contribution in [0.2, 0.25) is 0 Å². The van der Waals surface area contributed by atoms with Gasteiger partial charge in [0.05, 0.1) is 12.1 Å². The zero-order valence-corrected chi connectivity index (χ0v) is 8.97. The van der Waals surface area contributed by atoms with Crippen molar-refractivity contribution in [1.82, 2.24) is 10.3 Å². The average molecular weight is 208 g/mol. The Morgan fingerprint density at radius 2 is 2.27 bits per heavy atom. The summed E-state index contributed by atoms with van der Waals surface area (Å²) in [6.45, 7) is 3.83. The standard InChI is InChI=1S/C11H16N2O2/c1-8(7-11(14)15)13-9(2)10-5-3-4-6-12-10/h3-6,8-9,13H,7H2,1-2H3,(H,14,15)/t8?,9-/m1/s1. The molecule has 1 unspecified atom stereocenters. The maximum Gasteiger partial charge on any atom is 0.304 e. The van der Waals surface area contributed by atoms with Gasteiger partial charge in [0, 0.05) is 18.3 Å². The van der Waals surface area contributed by atoms with Crippen LogP contribution in [0.25, 0.3) is 0 Å². The van der Waals surface area contributed by atoms with Gasteiger partial charge in [-0.3, -0.25) is 9.78 Å². The molecule has 2 N–H and O–H groups in total. The highest BCUT2D eigenvalue weighted by atomic mass is 16.4. The molecule has 15 heavy (non-hydrogen) atoms. The van der Waals surface area contributed by atoms with Crippen LogP contribution in [0.15, 0.2) is 24.4 Å². The molecule has 0 amide bonds. The second kappa shape index (κ2) is 5.46. The van der Waals surface area contributed by atoms with E-state index in [4.69, 9.17) is 5.11 Å². The number of carbonyl (C=O) groups is 1. The second-order valence-electron chi connectivity index (χ2n) is 3.64. The molecule has 1 aromatic heterocycles. The third-order valence-electron chi connectivity index (χ3n) is 2.15. The Bertz CT molecular complexity index is 314. The molecule has 0 aliphatic heterocycles. The van der Waals surface area contributed by atoms with Crippen molar-refractivity contribution in [1.29, 1.82) is 0 Å². The fourth-order valence-corrected chi connectivity index (χ4v) is 1.47. The quantitative estimate of drug-likeness (QED) is 0.771. The van der Waals surface area contributed by atoms with E-state index in [0.29, 0.717) is 0 Å². The van der Waals surface area contributed by atoms with E-state index in [2.05, 4.69) is 10.3 Å². The van der Waals surface area contributed by atoms with Crippen LogP contribution >= 0.6 is 0 Å². The van der Waals surface area contributed by atoms with Gasteiger partial charge in [-0.05, 0) is 26.0 Å². The van der Waals surface area contributed by atoms with Crippen molar-refractivity contribution in [3.63, 3.8) is 0 Å². The van der Waals surface area contributed by atoms with Gasteiger partial charge >= 0.3 is 5.97 Å². The molecule has 82 valence electrons. The molecule has 1 rings (SSSR count). The van der Waals surface area contributed by atoms with Crippen molar-refractivity contribution in [2.45, 2.75) is 32.4 Å². The van der Waals surface area contributed by atoms with Gasteiger partial charge in [0.2, 0.25) is 0 Å². The van der Waals surface area contributed by atoms with E-state index < -0.39 is 5.97 Å². The average Bonchev–Trinajstić information content (AvgIpc) is 2.17. The van der Waals surface area contributed by atoms with Crippen LogP contribution in [0, 0.1) is 0 Å². The lowest BCUT2D eigenvalue weighted by atomic mass is 10.1. The van der Waals surface area contributed by atoms with E-state index in [-0.39, 0.29) is 18.5 Å². The molecule has 0 fully saturated rings. The highest BCUT2D eigenvalue weighted by Gasteiger charge is 2.12. The summed E-state index contributed by atoms with van der Waals surface area (Å²) in [4.78, 5) is 14.7. The zero-order chi connectivity index (χ0) is 11.3. The number of carboxylic acids is 1. The van der Waals surface area contributed by atoms with Crippen molar-refractivity contribution in [2.24, 2.45) is 0 Å². The molecule has 0 aliphatic rings. The molecule has 0 radical (unpaired) electrons. The summed E-state index contributed by atoms with van der Waals surface area (Å²) in [5.41, 5.74) is 0.926. The minimum Gasteiger partial charge on any atom is -0.481 e. The lowest BCUT2D eigenvalue weighted by Crippen LogP contribution is -2.31. The highest BCUT2D eigenvalue weighted by molar-refractivity contribution is 5.67. The first kappa shape index (κ1) is 11.7. The number of hydrogen-bond acceptors (Lipinski definition) is 3. The van der Waals surface area contributed by atoms with Crippen molar-refractivity contribution < 1.29 is 9.90 Å². The monoisotopic (exact) mass is 208 g/mol. The SMILES string of the molecule is CC(CC(=O)O)N[C@H](C)c1ccccn1. The Morgan fingerprint density at radius 1 is 1.53 bits per heavy atom. The van der Waals surface area contributed by atoms with Crippen LogP contribution in [0.4, 0.5) is 0 Å². The smallest absolute Gasteiger partial charge is 0.304 e.